The van der Waals surface area contributed by atoms with Gasteiger partial charge in [0.25, 0.3) is 11.1 Å². The summed E-state index contributed by atoms with van der Waals surface area (Å²) in [6, 6.07) is 7.48. The third kappa shape index (κ3) is 3.85. The Labute approximate surface area is 177 Å². The van der Waals surface area contributed by atoms with Gasteiger partial charge in [-0.2, -0.15) is 0 Å². The number of aromatic nitrogens is 1. The van der Waals surface area contributed by atoms with Crippen LogP contribution in [0.1, 0.15) is 18.4 Å². The predicted molar refractivity (Wildman–Crippen MR) is 112 cm³/mol. The summed E-state index contributed by atoms with van der Waals surface area (Å²) in [6.45, 7) is 1.15. The number of carbonyl (C=O) groups is 4. The van der Waals surface area contributed by atoms with Crippen LogP contribution in [-0.4, -0.2) is 64.1 Å². The van der Waals surface area contributed by atoms with E-state index in [4.69, 9.17) is 4.74 Å². The van der Waals surface area contributed by atoms with Crippen LogP contribution in [0.3, 0.4) is 0 Å². The zero-order chi connectivity index (χ0) is 21.3. The lowest BCUT2D eigenvalue weighted by Gasteiger charge is -2.18. The molecule has 8 nitrogen and oxygen atoms in total. The molecule has 1 aromatic carbocycles. The van der Waals surface area contributed by atoms with Gasteiger partial charge in [-0.05, 0) is 36.7 Å². The van der Waals surface area contributed by atoms with Crippen LogP contribution < -0.4 is 0 Å². The Bertz CT molecular complexity index is 1070. The molecule has 4 rings (SSSR count). The van der Waals surface area contributed by atoms with Gasteiger partial charge >= 0.3 is 5.97 Å². The number of rotatable bonds is 5. The van der Waals surface area contributed by atoms with E-state index in [1.807, 2.05) is 24.3 Å². The van der Waals surface area contributed by atoms with Gasteiger partial charge in [-0.25, -0.2) is 0 Å². The fourth-order valence-corrected chi connectivity index (χ4v) is 4.53. The number of carbonyl (C=O) groups excluding carboxylic acids is 4. The first-order valence-electron chi connectivity index (χ1n) is 9.66. The lowest BCUT2D eigenvalue weighted by atomic mass is 10.1. The number of esters is 1. The summed E-state index contributed by atoms with van der Waals surface area (Å²) in [4.78, 5) is 52.2. The van der Waals surface area contributed by atoms with Crippen molar-refractivity contribution in [2.75, 3.05) is 26.7 Å². The van der Waals surface area contributed by atoms with Gasteiger partial charge in [0.05, 0.1) is 12.0 Å². The molecule has 3 heterocycles. The molecular weight excluding hydrogens is 406 g/mol. The first kappa shape index (κ1) is 20.2. The number of fused-ring (bicyclic) bond motifs is 1. The van der Waals surface area contributed by atoms with E-state index in [1.54, 1.807) is 21.7 Å². The number of hydrogen-bond acceptors (Lipinski definition) is 6. The molecule has 0 aliphatic carbocycles. The molecule has 0 bridgehead atoms. The molecule has 0 radical (unpaired) electrons. The summed E-state index contributed by atoms with van der Waals surface area (Å²) < 4.78 is 6.49. The van der Waals surface area contributed by atoms with Gasteiger partial charge in [-0.15, -0.1) is 0 Å². The highest BCUT2D eigenvalue weighted by Crippen LogP contribution is 2.34. The molecule has 2 aliphatic rings. The fraction of sp³-hybridized carbons (Fsp3) is 0.333. The van der Waals surface area contributed by atoms with Crippen molar-refractivity contribution in [1.82, 2.24) is 14.4 Å². The summed E-state index contributed by atoms with van der Waals surface area (Å²) in [7, 11) is 1.33. The number of para-hydroxylation sites is 1. The van der Waals surface area contributed by atoms with Crippen molar-refractivity contribution in [2.45, 2.75) is 19.4 Å². The summed E-state index contributed by atoms with van der Waals surface area (Å²) in [6.07, 6.45) is 5.29. The molecule has 2 aliphatic heterocycles. The van der Waals surface area contributed by atoms with Crippen LogP contribution in [0.25, 0.3) is 17.0 Å². The van der Waals surface area contributed by atoms with E-state index in [-0.39, 0.29) is 29.9 Å². The smallest absolute Gasteiger partial charge is 0.325 e. The van der Waals surface area contributed by atoms with Crippen molar-refractivity contribution >= 4 is 51.8 Å². The maximum Gasteiger partial charge on any atom is 0.325 e. The summed E-state index contributed by atoms with van der Waals surface area (Å²) in [5.74, 6) is -1.06. The lowest BCUT2D eigenvalue weighted by Crippen LogP contribution is -2.40. The lowest BCUT2D eigenvalue weighted by molar-refractivity contribution is -0.141. The molecule has 1 aromatic heterocycles. The van der Waals surface area contributed by atoms with Crippen molar-refractivity contribution in [2.24, 2.45) is 0 Å². The summed E-state index contributed by atoms with van der Waals surface area (Å²) >= 11 is 0.824. The number of imide groups is 1. The molecule has 0 unspecified atom stereocenters. The number of hydrogen-bond donors (Lipinski definition) is 0. The van der Waals surface area contributed by atoms with E-state index in [1.165, 1.54) is 7.11 Å². The highest BCUT2D eigenvalue weighted by Gasteiger charge is 2.37. The number of thioether (sulfide) groups is 1. The molecule has 2 saturated heterocycles. The van der Waals surface area contributed by atoms with Crippen LogP contribution >= 0.6 is 11.8 Å². The van der Waals surface area contributed by atoms with Crippen molar-refractivity contribution in [1.29, 1.82) is 0 Å². The van der Waals surface area contributed by atoms with Crippen molar-refractivity contribution in [3.05, 3.63) is 40.9 Å². The second-order valence-corrected chi connectivity index (χ2v) is 8.15. The van der Waals surface area contributed by atoms with E-state index in [0.29, 0.717) is 18.7 Å². The predicted octanol–water partition coefficient (Wildman–Crippen LogP) is 2.47. The van der Waals surface area contributed by atoms with Gasteiger partial charge < -0.3 is 14.2 Å². The monoisotopic (exact) mass is 427 g/mol. The number of ether oxygens (including phenoxy) is 1. The Morgan fingerprint density at radius 1 is 1.13 bits per heavy atom. The van der Waals surface area contributed by atoms with E-state index in [0.717, 1.165) is 40.4 Å². The first-order valence-corrected chi connectivity index (χ1v) is 10.5. The third-order valence-corrected chi connectivity index (χ3v) is 6.17. The van der Waals surface area contributed by atoms with Crippen LogP contribution in [0, 0.1) is 0 Å². The van der Waals surface area contributed by atoms with Gasteiger partial charge in [0, 0.05) is 35.8 Å². The van der Waals surface area contributed by atoms with Crippen molar-refractivity contribution in [3.63, 3.8) is 0 Å². The first-order chi connectivity index (χ1) is 14.5. The van der Waals surface area contributed by atoms with E-state index in [2.05, 4.69) is 0 Å². The third-order valence-electron chi connectivity index (χ3n) is 5.26. The van der Waals surface area contributed by atoms with Crippen LogP contribution in [0.15, 0.2) is 35.4 Å². The standard InChI is InChI=1S/C21H21N3O5S/c1-29-19(26)13-23-11-14(15-6-2-3-7-16(15)23)10-17-20(27)24(21(28)30-17)12-18(25)22-8-4-5-9-22/h2-3,6-7,10-11H,4-5,8-9,12-13H2,1H3/b17-10+. The van der Waals surface area contributed by atoms with Gasteiger partial charge in [0.1, 0.15) is 13.1 Å². The van der Waals surface area contributed by atoms with Gasteiger partial charge in [-0.3, -0.25) is 24.1 Å². The molecule has 3 amide bonds. The highest BCUT2D eigenvalue weighted by atomic mass is 32.2. The molecule has 9 heteroatoms. The van der Waals surface area contributed by atoms with E-state index < -0.39 is 11.1 Å². The van der Waals surface area contributed by atoms with Gasteiger partial charge in [-0.1, -0.05) is 18.2 Å². The summed E-state index contributed by atoms with van der Waals surface area (Å²) in [5.41, 5.74) is 1.53. The number of benzene rings is 1. The molecule has 156 valence electrons. The average Bonchev–Trinajstić information content (AvgIpc) is 3.45. The summed E-state index contributed by atoms with van der Waals surface area (Å²) in [5, 5.41) is 0.401. The van der Waals surface area contributed by atoms with E-state index >= 15 is 0 Å². The van der Waals surface area contributed by atoms with Crippen LogP contribution in [-0.2, 0) is 25.7 Å². The van der Waals surface area contributed by atoms with E-state index in [9.17, 15) is 19.2 Å². The SMILES string of the molecule is COC(=O)Cn1cc(/C=C2/SC(=O)N(CC(=O)N3CCCC3)C2=O)c2ccccc21. The Hall–Kier alpha value is -3.07. The number of likely N-dealkylation sites (tertiary alicyclic amines) is 1. The molecule has 0 atom stereocenters. The number of amides is 3. The highest BCUT2D eigenvalue weighted by molar-refractivity contribution is 8.18. The average molecular weight is 427 g/mol. The zero-order valence-electron chi connectivity index (χ0n) is 16.5. The Kier molecular flexibility index (Phi) is 5.63. The van der Waals surface area contributed by atoms with Crippen LogP contribution in [0.5, 0.6) is 0 Å². The largest absolute Gasteiger partial charge is 0.468 e. The molecular formula is C21H21N3O5S. The maximum absolute atomic E-state index is 12.8. The molecule has 30 heavy (non-hydrogen) atoms. The number of methoxy groups -OCH3 is 1. The second kappa shape index (κ2) is 8.35. The van der Waals surface area contributed by atoms with Crippen molar-refractivity contribution < 1.29 is 23.9 Å². The molecule has 0 saturated carbocycles. The topological polar surface area (TPSA) is 88.9 Å². The normalized spacial score (nSPS) is 18.1. The minimum absolute atomic E-state index is 0.0384. The maximum atomic E-state index is 12.8. The van der Waals surface area contributed by atoms with Gasteiger partial charge in [0.2, 0.25) is 5.91 Å². The fourth-order valence-electron chi connectivity index (χ4n) is 3.70. The Morgan fingerprint density at radius 3 is 2.60 bits per heavy atom. The van der Waals surface area contributed by atoms with Crippen molar-refractivity contribution in [3.8, 4) is 0 Å². The zero-order valence-corrected chi connectivity index (χ0v) is 17.3. The second-order valence-electron chi connectivity index (χ2n) is 7.16. The minimum atomic E-state index is -0.470. The molecule has 2 aromatic rings. The van der Waals surface area contributed by atoms with Gasteiger partial charge in [0.15, 0.2) is 0 Å². The minimum Gasteiger partial charge on any atom is -0.468 e. The molecule has 0 N–H and O–H groups in total. The van der Waals surface area contributed by atoms with Crippen LogP contribution in [0.2, 0.25) is 0 Å². The van der Waals surface area contributed by atoms with Crippen LogP contribution in [0.4, 0.5) is 4.79 Å². The molecule has 2 fully saturated rings. The quantitative estimate of drug-likeness (QED) is 0.538. The Balaban J connectivity index is 1.59. The molecule has 0 spiro atoms. The number of nitrogens with zero attached hydrogens (tertiary/aromatic N) is 3. The Morgan fingerprint density at radius 2 is 1.87 bits per heavy atom.